The quantitative estimate of drug-likeness (QED) is 0.316. The summed E-state index contributed by atoms with van der Waals surface area (Å²) in [4.78, 5) is 4.26. The van der Waals surface area contributed by atoms with E-state index in [9.17, 15) is 21.6 Å². The van der Waals surface area contributed by atoms with Crippen LogP contribution in [0.1, 0.15) is 33.1 Å². The first kappa shape index (κ1) is 24.9. The fourth-order valence-corrected chi connectivity index (χ4v) is 5.68. The van der Waals surface area contributed by atoms with Crippen molar-refractivity contribution in [1.29, 1.82) is 0 Å². The van der Waals surface area contributed by atoms with Crippen LogP contribution in [0.15, 0.2) is 4.99 Å². The second-order valence-corrected chi connectivity index (χ2v) is 10.4. The summed E-state index contributed by atoms with van der Waals surface area (Å²) >= 11 is 0. The zero-order chi connectivity index (χ0) is 20.7. The molecule has 0 aromatic carbocycles. The average molecular weight is 554 g/mol. The van der Waals surface area contributed by atoms with Crippen molar-refractivity contribution in [3.05, 3.63) is 0 Å². The highest BCUT2D eigenvalue weighted by Crippen LogP contribution is 2.52. The van der Waals surface area contributed by atoms with Crippen LogP contribution < -0.4 is 10.6 Å². The van der Waals surface area contributed by atoms with E-state index in [1.807, 2.05) is 0 Å². The summed E-state index contributed by atoms with van der Waals surface area (Å²) in [5.41, 5.74) is -5.22. The van der Waals surface area contributed by atoms with Crippen molar-refractivity contribution in [2.45, 2.75) is 50.8 Å². The number of halogens is 4. The summed E-state index contributed by atoms with van der Waals surface area (Å²) in [6.45, 7) is 5.43. The highest BCUT2D eigenvalue weighted by atomic mass is 127. The number of ether oxygens (including phenoxy) is 1. The maximum atomic E-state index is 12.7. The first-order valence-corrected chi connectivity index (χ1v) is 11.1. The molecule has 1 saturated carbocycles. The van der Waals surface area contributed by atoms with Gasteiger partial charge in [-0.15, -0.1) is 24.0 Å². The lowest BCUT2D eigenvalue weighted by Gasteiger charge is -2.55. The minimum absolute atomic E-state index is 0. The molecule has 3 unspecified atom stereocenters. The molecule has 3 rings (SSSR count). The molecule has 3 atom stereocenters. The summed E-state index contributed by atoms with van der Waals surface area (Å²) in [6.07, 6.45) is 2.05. The molecule has 2 heterocycles. The molecule has 0 radical (unpaired) electrons. The van der Waals surface area contributed by atoms with Crippen LogP contribution in [0.25, 0.3) is 0 Å². The largest absolute Gasteiger partial charge is 0.511 e. The highest BCUT2D eigenvalue weighted by Gasteiger charge is 2.59. The van der Waals surface area contributed by atoms with Crippen LogP contribution in [0.5, 0.6) is 0 Å². The lowest BCUT2D eigenvalue weighted by Crippen LogP contribution is -2.68. The number of alkyl halides is 3. The molecule has 0 bridgehead atoms. The van der Waals surface area contributed by atoms with Gasteiger partial charge in [0, 0.05) is 50.7 Å². The van der Waals surface area contributed by atoms with Crippen LogP contribution in [0, 0.1) is 17.3 Å². The van der Waals surface area contributed by atoms with E-state index in [2.05, 4.69) is 29.5 Å². The molecule has 12 heteroatoms. The molecule has 0 aromatic rings. The molecule has 1 aliphatic carbocycles. The summed E-state index contributed by atoms with van der Waals surface area (Å²) in [5, 5.41) is 6.71. The molecular formula is C17H30F3IN4O3S. The summed E-state index contributed by atoms with van der Waals surface area (Å²) in [7, 11) is -3.54. The lowest BCUT2D eigenvalue weighted by atomic mass is 9.57. The zero-order valence-corrected chi connectivity index (χ0v) is 20.0. The van der Waals surface area contributed by atoms with Gasteiger partial charge in [0.15, 0.2) is 5.96 Å². The summed E-state index contributed by atoms with van der Waals surface area (Å²) in [6, 6.07) is 0.255. The van der Waals surface area contributed by atoms with Gasteiger partial charge in [-0.2, -0.15) is 17.5 Å². The van der Waals surface area contributed by atoms with Crippen LogP contribution in [-0.2, 0) is 14.8 Å². The maximum Gasteiger partial charge on any atom is 0.511 e. The van der Waals surface area contributed by atoms with E-state index < -0.39 is 15.5 Å². The Labute approximate surface area is 187 Å². The monoisotopic (exact) mass is 554 g/mol. The van der Waals surface area contributed by atoms with Crippen molar-refractivity contribution >= 4 is 40.0 Å². The number of hydrogen-bond donors (Lipinski definition) is 2. The Morgan fingerprint density at radius 3 is 2.41 bits per heavy atom. The van der Waals surface area contributed by atoms with Crippen LogP contribution in [0.4, 0.5) is 13.2 Å². The smallest absolute Gasteiger partial charge is 0.377 e. The number of fused-ring (bicyclic) bond motifs is 1. The van der Waals surface area contributed by atoms with Gasteiger partial charge in [-0.3, -0.25) is 4.99 Å². The lowest BCUT2D eigenvalue weighted by molar-refractivity contribution is -0.106. The Morgan fingerprint density at radius 2 is 1.86 bits per heavy atom. The van der Waals surface area contributed by atoms with Crippen LogP contribution in [0.2, 0.25) is 0 Å². The van der Waals surface area contributed by atoms with E-state index in [1.54, 1.807) is 7.05 Å². The van der Waals surface area contributed by atoms with Gasteiger partial charge in [-0.1, -0.05) is 13.8 Å². The third-order valence-electron chi connectivity index (χ3n) is 6.38. The van der Waals surface area contributed by atoms with E-state index in [-0.39, 0.29) is 60.5 Å². The number of nitrogens with one attached hydrogen (secondary N) is 2. The minimum Gasteiger partial charge on any atom is -0.377 e. The second-order valence-electron chi connectivity index (χ2n) is 8.43. The Hall–Kier alpha value is -0.340. The highest BCUT2D eigenvalue weighted by molar-refractivity contribution is 14.0. The predicted molar refractivity (Wildman–Crippen MR) is 115 cm³/mol. The Bertz CT molecular complexity index is 709. The second kappa shape index (κ2) is 9.03. The maximum absolute atomic E-state index is 12.7. The SMILES string of the molecule is CN=C(NCC1CCN(S(=O)(=O)C(F)(F)F)CC1)NC1C2CCOC2C1(C)C.I. The molecule has 2 N–H and O–H groups in total. The van der Waals surface area contributed by atoms with Gasteiger partial charge in [-0.05, 0) is 25.2 Å². The van der Waals surface area contributed by atoms with Gasteiger partial charge in [0.05, 0.1) is 6.10 Å². The number of piperidine rings is 1. The number of aliphatic imine (C=N–C) groups is 1. The van der Waals surface area contributed by atoms with Crippen molar-refractivity contribution in [2.75, 3.05) is 33.3 Å². The number of sulfonamides is 1. The van der Waals surface area contributed by atoms with Crippen LogP contribution in [-0.4, -0.2) is 69.6 Å². The van der Waals surface area contributed by atoms with Crippen LogP contribution in [0.3, 0.4) is 0 Å². The molecule has 0 amide bonds. The van der Waals surface area contributed by atoms with Gasteiger partial charge in [0.25, 0.3) is 0 Å². The number of rotatable bonds is 4. The topological polar surface area (TPSA) is 83.0 Å². The molecule has 2 aliphatic heterocycles. The van der Waals surface area contributed by atoms with Gasteiger partial charge in [-0.25, -0.2) is 8.42 Å². The number of hydrogen-bond acceptors (Lipinski definition) is 4. The van der Waals surface area contributed by atoms with E-state index >= 15 is 0 Å². The Morgan fingerprint density at radius 1 is 1.24 bits per heavy atom. The molecular weight excluding hydrogens is 524 g/mol. The summed E-state index contributed by atoms with van der Waals surface area (Å²) < 4.78 is 67.3. The first-order chi connectivity index (χ1) is 13.0. The van der Waals surface area contributed by atoms with Crippen molar-refractivity contribution in [1.82, 2.24) is 14.9 Å². The Kier molecular flexibility index (Phi) is 7.76. The third-order valence-corrected chi connectivity index (χ3v) is 8.01. The molecule has 2 saturated heterocycles. The first-order valence-electron chi connectivity index (χ1n) is 9.63. The van der Waals surface area contributed by atoms with Crippen LogP contribution >= 0.6 is 24.0 Å². The summed E-state index contributed by atoms with van der Waals surface area (Å²) in [5.74, 6) is 1.22. The van der Waals surface area contributed by atoms with Gasteiger partial charge in [0.2, 0.25) is 0 Å². The molecule has 3 aliphatic rings. The van der Waals surface area contributed by atoms with E-state index in [1.165, 1.54) is 0 Å². The molecule has 29 heavy (non-hydrogen) atoms. The molecule has 7 nitrogen and oxygen atoms in total. The number of guanidine groups is 1. The van der Waals surface area contributed by atoms with E-state index in [4.69, 9.17) is 4.74 Å². The number of nitrogens with zero attached hydrogens (tertiary/aromatic N) is 2. The zero-order valence-electron chi connectivity index (χ0n) is 16.8. The normalized spacial score (nSPS) is 30.8. The third kappa shape index (κ3) is 4.79. The van der Waals surface area contributed by atoms with Crippen molar-refractivity contribution < 1.29 is 26.3 Å². The fraction of sp³-hybridized carbons (Fsp3) is 0.941. The Balaban J connectivity index is 0.00000300. The average Bonchev–Trinajstić information content (AvgIpc) is 3.08. The van der Waals surface area contributed by atoms with Crippen molar-refractivity contribution in [3.63, 3.8) is 0 Å². The molecule has 0 spiro atoms. The standard InChI is InChI=1S/C17H29F3N4O3S.HI/c1-16(2)13(12-6-9-27-14(12)16)23-15(21-3)22-10-11-4-7-24(8-5-11)28(25,26)17(18,19)20;/h11-14H,4-10H2,1-3H3,(H2,21,22,23);1H. The molecule has 3 fully saturated rings. The van der Waals surface area contributed by atoms with E-state index in [0.717, 1.165) is 13.0 Å². The van der Waals surface area contributed by atoms with Crippen molar-refractivity contribution in [2.24, 2.45) is 22.2 Å². The van der Waals surface area contributed by atoms with Gasteiger partial charge >= 0.3 is 15.5 Å². The minimum atomic E-state index is -5.23. The molecule has 170 valence electrons. The van der Waals surface area contributed by atoms with Crippen molar-refractivity contribution in [3.8, 4) is 0 Å². The fourth-order valence-electron chi connectivity index (χ4n) is 4.70. The van der Waals surface area contributed by atoms with Gasteiger partial charge < -0.3 is 15.4 Å². The van der Waals surface area contributed by atoms with E-state index in [0.29, 0.717) is 35.6 Å². The molecule has 0 aromatic heterocycles. The van der Waals surface area contributed by atoms with Gasteiger partial charge in [0.1, 0.15) is 0 Å². The predicted octanol–water partition coefficient (Wildman–Crippen LogP) is 2.14.